The molecule has 0 unspecified atom stereocenters. The van der Waals surface area contributed by atoms with Crippen molar-refractivity contribution in [3.63, 3.8) is 0 Å². The molecule has 0 amide bonds. The molecular weight excluding hydrogens is 242 g/mol. The minimum Gasteiger partial charge on any atom is -0.486 e. The fourth-order valence-electron chi connectivity index (χ4n) is 2.01. The molecule has 1 aliphatic rings. The Morgan fingerprint density at radius 2 is 2.18 bits per heavy atom. The number of benzene rings is 1. The van der Waals surface area contributed by atoms with E-state index in [2.05, 4.69) is 11.8 Å². The van der Waals surface area contributed by atoms with E-state index in [9.17, 15) is 0 Å². The lowest BCUT2D eigenvalue weighted by Gasteiger charge is -2.22. The number of rotatable bonds is 4. The van der Waals surface area contributed by atoms with Crippen molar-refractivity contribution in [1.82, 2.24) is 0 Å². The van der Waals surface area contributed by atoms with Gasteiger partial charge in [-0.3, -0.25) is 0 Å². The van der Waals surface area contributed by atoms with E-state index >= 15 is 0 Å². The first-order chi connectivity index (χ1) is 8.27. The molecule has 0 aliphatic carbocycles. The van der Waals surface area contributed by atoms with Gasteiger partial charge in [-0.05, 0) is 30.0 Å². The Hall–Kier alpha value is -0.970. The lowest BCUT2D eigenvalue weighted by Crippen LogP contribution is -2.17. The Labute approximate surface area is 106 Å². The maximum atomic E-state index is 6.33. The zero-order valence-corrected chi connectivity index (χ0v) is 10.5. The largest absolute Gasteiger partial charge is 0.486 e. The monoisotopic (exact) mass is 257 g/mol. The quantitative estimate of drug-likeness (QED) is 0.840. The van der Waals surface area contributed by atoms with Crippen molar-refractivity contribution in [3.8, 4) is 11.5 Å². The van der Waals surface area contributed by atoms with Crippen LogP contribution in [0.5, 0.6) is 11.5 Å². The van der Waals surface area contributed by atoms with Gasteiger partial charge in [0.1, 0.15) is 13.2 Å². The van der Waals surface area contributed by atoms with Crippen LogP contribution in [-0.4, -0.2) is 19.8 Å². The Balaban J connectivity index is 2.40. The van der Waals surface area contributed by atoms with Crippen LogP contribution in [-0.2, 0) is 17.7 Å². The third-order valence-electron chi connectivity index (χ3n) is 2.81. The molecule has 0 spiro atoms. The smallest absolute Gasteiger partial charge is 0.180 e. The van der Waals surface area contributed by atoms with E-state index in [1.807, 2.05) is 6.07 Å². The van der Waals surface area contributed by atoms with Crippen molar-refractivity contribution < 1.29 is 14.3 Å². The fourth-order valence-corrected chi connectivity index (χ4v) is 2.41. The molecule has 1 aromatic carbocycles. The Morgan fingerprint density at radius 3 is 2.88 bits per heavy atom. The van der Waals surface area contributed by atoms with Crippen LogP contribution in [0.15, 0.2) is 6.07 Å². The summed E-state index contributed by atoms with van der Waals surface area (Å²) in [6.45, 7) is 3.62. The van der Waals surface area contributed by atoms with Gasteiger partial charge in [0, 0.05) is 0 Å². The molecule has 0 bridgehead atoms. The minimum atomic E-state index is 0.461. The summed E-state index contributed by atoms with van der Waals surface area (Å²) in [7, 11) is 0. The van der Waals surface area contributed by atoms with Crippen LogP contribution >= 0.6 is 11.6 Å². The average molecular weight is 258 g/mol. The van der Waals surface area contributed by atoms with E-state index < -0.39 is 0 Å². The summed E-state index contributed by atoms with van der Waals surface area (Å²) >= 11 is 6.33. The number of halogens is 1. The third kappa shape index (κ3) is 2.49. The number of fused-ring (bicyclic) bond motifs is 1. The highest BCUT2D eigenvalue weighted by molar-refractivity contribution is 6.33. The molecule has 0 saturated heterocycles. The number of hydrogen-bond donors (Lipinski definition) is 1. The van der Waals surface area contributed by atoms with Crippen LogP contribution in [0.25, 0.3) is 0 Å². The second-order valence-corrected chi connectivity index (χ2v) is 4.20. The topological polar surface area (TPSA) is 53.7 Å². The minimum absolute atomic E-state index is 0.461. The maximum absolute atomic E-state index is 6.33. The van der Waals surface area contributed by atoms with E-state index in [4.69, 9.17) is 27.0 Å². The maximum Gasteiger partial charge on any atom is 0.180 e. The highest BCUT2D eigenvalue weighted by Gasteiger charge is 2.20. The molecular formula is C12H16ClNO3. The fraction of sp³-hybridized carbons (Fsp3) is 0.500. The van der Waals surface area contributed by atoms with Gasteiger partial charge in [0.15, 0.2) is 11.5 Å². The third-order valence-corrected chi connectivity index (χ3v) is 3.21. The molecule has 0 atom stereocenters. The second kappa shape index (κ2) is 5.58. The lowest BCUT2D eigenvalue weighted by atomic mass is 10.0. The summed E-state index contributed by atoms with van der Waals surface area (Å²) in [5.41, 5.74) is 2.18. The first-order valence-electron chi connectivity index (χ1n) is 5.69. The van der Waals surface area contributed by atoms with Crippen LogP contribution < -0.4 is 15.4 Å². The van der Waals surface area contributed by atoms with E-state index in [1.54, 1.807) is 0 Å². The molecule has 1 heterocycles. The predicted molar refractivity (Wildman–Crippen MR) is 65.7 cm³/mol. The molecule has 17 heavy (non-hydrogen) atoms. The predicted octanol–water partition coefficient (Wildman–Crippen LogP) is 2.11. The van der Waals surface area contributed by atoms with Crippen LogP contribution in [0, 0.1) is 0 Å². The molecule has 5 heteroatoms. The molecule has 0 saturated carbocycles. The van der Waals surface area contributed by atoms with Gasteiger partial charge in [-0.15, -0.1) is 0 Å². The van der Waals surface area contributed by atoms with Gasteiger partial charge in [0.25, 0.3) is 0 Å². The van der Waals surface area contributed by atoms with E-state index in [0.29, 0.717) is 36.3 Å². The standard InChI is InChI=1S/C12H16ClNO3/c1-2-9-8(3-4-17-14)7-10-12(11(9)13)16-6-5-15-10/h7H,2-6,14H2,1H3. The zero-order valence-electron chi connectivity index (χ0n) is 9.79. The van der Waals surface area contributed by atoms with Crippen LogP contribution in [0.2, 0.25) is 5.02 Å². The van der Waals surface area contributed by atoms with Crippen molar-refractivity contribution in [2.75, 3.05) is 19.8 Å². The molecule has 0 aromatic heterocycles. The number of hydrogen-bond acceptors (Lipinski definition) is 4. The second-order valence-electron chi connectivity index (χ2n) is 3.83. The highest BCUT2D eigenvalue weighted by Crippen LogP contribution is 2.41. The molecule has 4 nitrogen and oxygen atoms in total. The molecule has 0 fully saturated rings. The van der Waals surface area contributed by atoms with Gasteiger partial charge in [-0.1, -0.05) is 18.5 Å². The molecule has 2 rings (SSSR count). The van der Waals surface area contributed by atoms with Crippen molar-refractivity contribution in [3.05, 3.63) is 22.2 Å². The summed E-state index contributed by atoms with van der Waals surface area (Å²) in [4.78, 5) is 4.61. The Bertz CT molecular complexity index is 409. The SMILES string of the molecule is CCc1c(CCON)cc2c(c1Cl)OCCO2. The summed E-state index contributed by atoms with van der Waals surface area (Å²) in [5.74, 6) is 6.43. The van der Waals surface area contributed by atoms with Gasteiger partial charge in [-0.2, -0.15) is 0 Å². The van der Waals surface area contributed by atoms with Gasteiger partial charge in [0.2, 0.25) is 0 Å². The van der Waals surface area contributed by atoms with Gasteiger partial charge in [-0.25, -0.2) is 5.90 Å². The van der Waals surface area contributed by atoms with Crippen molar-refractivity contribution >= 4 is 11.6 Å². The molecule has 2 N–H and O–H groups in total. The van der Waals surface area contributed by atoms with Crippen molar-refractivity contribution in [2.24, 2.45) is 5.90 Å². The van der Waals surface area contributed by atoms with Gasteiger partial charge >= 0.3 is 0 Å². The van der Waals surface area contributed by atoms with Crippen molar-refractivity contribution in [2.45, 2.75) is 19.8 Å². The Kier molecular flexibility index (Phi) is 4.10. The van der Waals surface area contributed by atoms with E-state index in [0.717, 1.165) is 24.0 Å². The number of nitrogens with two attached hydrogens (primary N) is 1. The van der Waals surface area contributed by atoms with Gasteiger partial charge in [0.05, 0.1) is 11.6 Å². The van der Waals surface area contributed by atoms with E-state index in [-0.39, 0.29) is 0 Å². The zero-order chi connectivity index (χ0) is 12.3. The van der Waals surface area contributed by atoms with Crippen LogP contribution in [0.4, 0.5) is 0 Å². The lowest BCUT2D eigenvalue weighted by molar-refractivity contribution is 0.140. The highest BCUT2D eigenvalue weighted by atomic mass is 35.5. The van der Waals surface area contributed by atoms with Gasteiger partial charge < -0.3 is 14.3 Å². The normalized spacial score (nSPS) is 13.8. The summed E-state index contributed by atoms with van der Waals surface area (Å²) in [5, 5.41) is 0.650. The first kappa shape index (κ1) is 12.5. The Morgan fingerprint density at radius 1 is 1.41 bits per heavy atom. The van der Waals surface area contributed by atoms with E-state index in [1.165, 1.54) is 0 Å². The van der Waals surface area contributed by atoms with Crippen molar-refractivity contribution in [1.29, 1.82) is 0 Å². The summed E-state index contributed by atoms with van der Waals surface area (Å²) in [6, 6.07) is 1.97. The van der Waals surface area contributed by atoms with Crippen LogP contribution in [0.3, 0.4) is 0 Å². The summed E-state index contributed by atoms with van der Waals surface area (Å²) in [6.07, 6.45) is 1.56. The molecule has 1 aliphatic heterocycles. The summed E-state index contributed by atoms with van der Waals surface area (Å²) < 4.78 is 11.1. The average Bonchev–Trinajstić information content (AvgIpc) is 2.36. The van der Waals surface area contributed by atoms with Crippen LogP contribution in [0.1, 0.15) is 18.1 Å². The molecule has 0 radical (unpaired) electrons. The molecule has 1 aromatic rings. The first-order valence-corrected chi connectivity index (χ1v) is 6.07. The molecule has 94 valence electrons. The number of ether oxygens (including phenoxy) is 2.